The van der Waals surface area contributed by atoms with Gasteiger partial charge < -0.3 is 10.2 Å². The molecule has 0 unspecified atom stereocenters. The van der Waals surface area contributed by atoms with Crippen molar-refractivity contribution >= 4 is 40.9 Å². The second-order valence-corrected chi connectivity index (χ2v) is 6.80. The van der Waals surface area contributed by atoms with E-state index in [2.05, 4.69) is 27.9 Å². The van der Waals surface area contributed by atoms with Crippen LogP contribution in [0.5, 0.6) is 0 Å². The Hall–Kier alpha value is -0.330. The van der Waals surface area contributed by atoms with E-state index < -0.39 is 0 Å². The van der Waals surface area contributed by atoms with Gasteiger partial charge in [0.2, 0.25) is 0 Å². The maximum atomic E-state index is 12.5. The highest BCUT2D eigenvalue weighted by molar-refractivity contribution is 14.1. The molecule has 0 spiro atoms. The number of nitrogens with one attached hydrogen (secondary N) is 1. The minimum absolute atomic E-state index is 0. The second kappa shape index (κ2) is 7.09. The number of rotatable bonds is 1. The van der Waals surface area contributed by atoms with E-state index in [9.17, 15) is 4.79 Å². The number of carbonyl (C=O) groups is 1. The van der Waals surface area contributed by atoms with Crippen molar-refractivity contribution in [2.45, 2.75) is 12.8 Å². The first-order chi connectivity index (χ1) is 9.24. The molecule has 2 heterocycles. The van der Waals surface area contributed by atoms with Gasteiger partial charge in [-0.2, -0.15) is 0 Å². The number of halogens is 2. The zero-order chi connectivity index (χ0) is 13.2. The van der Waals surface area contributed by atoms with Gasteiger partial charge in [-0.05, 0) is 84.6 Å². The lowest BCUT2D eigenvalue weighted by atomic mass is 9.92. The Balaban J connectivity index is 0.00000147. The number of nitrogens with zero attached hydrogens (tertiary/aromatic N) is 1. The highest BCUT2D eigenvalue weighted by Gasteiger charge is 2.31. The van der Waals surface area contributed by atoms with Gasteiger partial charge in [-0.1, -0.05) is 0 Å². The van der Waals surface area contributed by atoms with Crippen LogP contribution >= 0.6 is 35.0 Å². The molecule has 1 N–H and O–H groups in total. The molecule has 0 radical (unpaired) electrons. The molecule has 0 bridgehead atoms. The van der Waals surface area contributed by atoms with Crippen molar-refractivity contribution in [1.29, 1.82) is 0 Å². The quantitative estimate of drug-likeness (QED) is 0.728. The van der Waals surface area contributed by atoms with Crippen LogP contribution < -0.4 is 5.32 Å². The Labute approximate surface area is 140 Å². The molecule has 1 aromatic carbocycles. The zero-order valence-corrected chi connectivity index (χ0v) is 14.3. The van der Waals surface area contributed by atoms with E-state index in [4.69, 9.17) is 0 Å². The first kappa shape index (κ1) is 16.0. The molecule has 2 saturated heterocycles. The number of hydrogen-bond acceptors (Lipinski definition) is 2. The minimum atomic E-state index is 0. The molecule has 2 aliphatic rings. The van der Waals surface area contributed by atoms with Gasteiger partial charge in [0.1, 0.15) is 0 Å². The molecule has 20 heavy (non-hydrogen) atoms. The van der Waals surface area contributed by atoms with Crippen LogP contribution in [0.25, 0.3) is 0 Å². The molecule has 0 saturated carbocycles. The monoisotopic (exact) mass is 406 g/mol. The summed E-state index contributed by atoms with van der Waals surface area (Å²) >= 11 is 2.27. The van der Waals surface area contributed by atoms with E-state index in [0.717, 1.165) is 56.4 Å². The number of fused-ring (bicyclic) bond motifs is 1. The molecule has 3 nitrogen and oxygen atoms in total. The summed E-state index contributed by atoms with van der Waals surface area (Å²) in [4.78, 5) is 14.5. The fourth-order valence-electron chi connectivity index (χ4n) is 3.20. The minimum Gasteiger partial charge on any atom is -0.339 e. The average Bonchev–Trinajstić information content (AvgIpc) is 2.78. The van der Waals surface area contributed by atoms with Gasteiger partial charge in [0.05, 0.1) is 0 Å². The van der Waals surface area contributed by atoms with Crippen molar-refractivity contribution in [1.82, 2.24) is 10.2 Å². The topological polar surface area (TPSA) is 32.3 Å². The first-order valence-corrected chi connectivity index (χ1v) is 8.07. The van der Waals surface area contributed by atoms with Gasteiger partial charge in [-0.3, -0.25) is 4.79 Å². The number of likely N-dealkylation sites (tertiary alicyclic amines) is 1. The summed E-state index contributed by atoms with van der Waals surface area (Å²) < 4.78 is 1.17. The number of hydrogen-bond donors (Lipinski definition) is 1. The van der Waals surface area contributed by atoms with Crippen LogP contribution in [0.15, 0.2) is 24.3 Å². The highest BCUT2D eigenvalue weighted by atomic mass is 127. The summed E-state index contributed by atoms with van der Waals surface area (Å²) in [5.41, 5.74) is 0.825. The van der Waals surface area contributed by atoms with E-state index in [-0.39, 0.29) is 18.3 Å². The third kappa shape index (κ3) is 3.46. The molecular weight excluding hydrogens is 387 g/mol. The van der Waals surface area contributed by atoms with Crippen molar-refractivity contribution in [3.63, 3.8) is 0 Å². The first-order valence-electron chi connectivity index (χ1n) is 6.99. The van der Waals surface area contributed by atoms with Gasteiger partial charge in [0, 0.05) is 22.2 Å². The summed E-state index contributed by atoms with van der Waals surface area (Å²) in [5.74, 6) is 1.74. The van der Waals surface area contributed by atoms with Crippen LogP contribution in [0.4, 0.5) is 0 Å². The lowest BCUT2D eigenvalue weighted by Crippen LogP contribution is -2.32. The molecule has 1 amide bonds. The zero-order valence-electron chi connectivity index (χ0n) is 11.3. The van der Waals surface area contributed by atoms with Crippen molar-refractivity contribution in [3.05, 3.63) is 33.4 Å². The van der Waals surface area contributed by atoms with Crippen LogP contribution in [0.1, 0.15) is 23.2 Å². The molecule has 0 aliphatic carbocycles. The van der Waals surface area contributed by atoms with E-state index >= 15 is 0 Å². The van der Waals surface area contributed by atoms with E-state index in [1.165, 1.54) is 3.57 Å². The Kier molecular flexibility index (Phi) is 5.69. The molecule has 3 rings (SSSR count). The van der Waals surface area contributed by atoms with Crippen LogP contribution in [0, 0.1) is 15.4 Å². The fourth-order valence-corrected chi connectivity index (χ4v) is 3.56. The predicted octanol–water partition coefficient (Wildman–Crippen LogP) is 2.78. The summed E-state index contributed by atoms with van der Waals surface area (Å²) in [6, 6.07) is 7.89. The van der Waals surface area contributed by atoms with Crippen LogP contribution in [0.2, 0.25) is 0 Å². The standard InChI is InChI=1S/C15H19IN2O.ClH/c16-14-3-1-11(2-4-14)15(19)18-7-5-12-9-17-10-13(12)6-8-18;/h1-4,12-13,17H,5-10H2;1H/t12-,13+;. The molecule has 2 aliphatic heterocycles. The second-order valence-electron chi connectivity index (χ2n) is 5.55. The maximum absolute atomic E-state index is 12.5. The summed E-state index contributed by atoms with van der Waals surface area (Å²) in [6.07, 6.45) is 2.29. The molecule has 1 aromatic rings. The van der Waals surface area contributed by atoms with E-state index in [0.29, 0.717) is 0 Å². The highest BCUT2D eigenvalue weighted by Crippen LogP contribution is 2.27. The molecule has 2 fully saturated rings. The SMILES string of the molecule is Cl.O=C(c1ccc(I)cc1)N1CC[C@@H]2CNC[C@@H]2CC1. The van der Waals surface area contributed by atoms with Crippen molar-refractivity contribution in [3.8, 4) is 0 Å². The fraction of sp³-hybridized carbons (Fsp3) is 0.533. The summed E-state index contributed by atoms with van der Waals surface area (Å²) in [7, 11) is 0. The van der Waals surface area contributed by atoms with Crippen molar-refractivity contribution in [2.24, 2.45) is 11.8 Å². The largest absolute Gasteiger partial charge is 0.339 e. The van der Waals surface area contributed by atoms with Gasteiger partial charge in [-0.25, -0.2) is 0 Å². The van der Waals surface area contributed by atoms with Gasteiger partial charge in [0.15, 0.2) is 0 Å². The van der Waals surface area contributed by atoms with Crippen molar-refractivity contribution in [2.75, 3.05) is 26.2 Å². The number of amides is 1. The Morgan fingerprint density at radius 1 is 1.10 bits per heavy atom. The summed E-state index contributed by atoms with van der Waals surface area (Å²) in [6.45, 7) is 4.09. The predicted molar refractivity (Wildman–Crippen MR) is 91.4 cm³/mol. The van der Waals surface area contributed by atoms with E-state index in [1.54, 1.807) is 0 Å². The molecule has 5 heteroatoms. The van der Waals surface area contributed by atoms with Gasteiger partial charge >= 0.3 is 0 Å². The van der Waals surface area contributed by atoms with Crippen molar-refractivity contribution < 1.29 is 4.79 Å². The Morgan fingerprint density at radius 3 is 2.20 bits per heavy atom. The Morgan fingerprint density at radius 2 is 1.65 bits per heavy atom. The third-order valence-corrected chi connectivity index (χ3v) is 5.12. The van der Waals surface area contributed by atoms with Gasteiger partial charge in [0.25, 0.3) is 5.91 Å². The smallest absolute Gasteiger partial charge is 0.253 e. The van der Waals surface area contributed by atoms with E-state index in [1.807, 2.05) is 29.2 Å². The molecule has 110 valence electrons. The lowest BCUT2D eigenvalue weighted by Gasteiger charge is -2.21. The summed E-state index contributed by atoms with van der Waals surface area (Å²) in [5, 5.41) is 3.47. The van der Waals surface area contributed by atoms with Crippen LogP contribution in [-0.2, 0) is 0 Å². The van der Waals surface area contributed by atoms with Crippen LogP contribution in [-0.4, -0.2) is 37.0 Å². The Bertz CT molecular complexity index is 451. The van der Waals surface area contributed by atoms with Crippen LogP contribution in [0.3, 0.4) is 0 Å². The molecule has 0 aromatic heterocycles. The molecular formula is C15H20ClIN2O. The molecule has 2 atom stereocenters. The number of benzene rings is 1. The lowest BCUT2D eigenvalue weighted by molar-refractivity contribution is 0.0758. The number of carbonyl (C=O) groups excluding carboxylic acids is 1. The maximum Gasteiger partial charge on any atom is 0.253 e. The average molecular weight is 407 g/mol. The third-order valence-electron chi connectivity index (χ3n) is 4.40. The normalized spacial score (nSPS) is 25.6. The van der Waals surface area contributed by atoms with Gasteiger partial charge in [-0.15, -0.1) is 12.4 Å².